The van der Waals surface area contributed by atoms with Gasteiger partial charge in [-0.25, -0.2) is 4.79 Å². The monoisotopic (exact) mass is 655 g/mol. The van der Waals surface area contributed by atoms with Gasteiger partial charge in [0.1, 0.15) is 0 Å². The molecule has 3 N–H and O–H groups in total. The van der Waals surface area contributed by atoms with Crippen LogP contribution in [-0.2, 0) is 14.3 Å². The Morgan fingerprint density at radius 2 is 1.94 bits per heavy atom. The van der Waals surface area contributed by atoms with Crippen LogP contribution in [0.4, 0.5) is 0 Å². The van der Waals surface area contributed by atoms with Crippen molar-refractivity contribution in [1.29, 1.82) is 1.43 Å². The number of fused-ring (bicyclic) bond motifs is 1. The maximum Gasteiger partial charge on any atom is 0.343 e. The number of hydrogen-bond donors (Lipinski definition) is 3. The molecule has 1 saturated heterocycles. The van der Waals surface area contributed by atoms with Gasteiger partial charge < -0.3 is 24.8 Å². The first-order valence-electron chi connectivity index (χ1n) is 12.1. The zero-order chi connectivity index (χ0) is 23.2. The number of hydrogen-bond acceptors (Lipinski definition) is 6. The van der Waals surface area contributed by atoms with Crippen LogP contribution >= 0.6 is 0 Å². The van der Waals surface area contributed by atoms with Gasteiger partial charge in [0.15, 0.2) is 5.60 Å². The van der Waals surface area contributed by atoms with E-state index in [1.54, 1.807) is 6.92 Å². The smallest absolute Gasteiger partial charge is 0.343 e. The third-order valence-electron chi connectivity index (χ3n) is 8.42. The Morgan fingerprint density at radius 1 is 1.26 bits per heavy atom. The topological polar surface area (TPSA) is 96.2 Å². The van der Waals surface area contributed by atoms with Gasteiger partial charge in [-0.1, -0.05) is 41.0 Å². The van der Waals surface area contributed by atoms with Gasteiger partial charge in [0.2, 0.25) is 7.72 Å². The summed E-state index contributed by atoms with van der Waals surface area (Å²) in [6, 6.07) is 0. The van der Waals surface area contributed by atoms with Crippen LogP contribution in [0, 0.1) is 78.6 Å². The molecule has 2 unspecified atom stereocenters. The number of rotatable bonds is 7. The summed E-state index contributed by atoms with van der Waals surface area (Å²) in [7, 11) is 0. The van der Waals surface area contributed by atoms with E-state index >= 15 is 0 Å². The van der Waals surface area contributed by atoms with Gasteiger partial charge >= 0.3 is 5.97 Å². The van der Waals surface area contributed by atoms with Gasteiger partial charge in [0.25, 0.3) is 0 Å². The fourth-order valence-corrected chi connectivity index (χ4v) is 6.54. The summed E-state index contributed by atoms with van der Waals surface area (Å²) in [5, 5.41) is 26.4. The average Bonchev–Trinajstić information content (AvgIpc) is 3.22. The van der Waals surface area contributed by atoms with Gasteiger partial charge in [-0.3, -0.25) is 0 Å². The molecule has 7 heteroatoms. The summed E-state index contributed by atoms with van der Waals surface area (Å²) in [4.78, 5) is 12.6. The van der Waals surface area contributed by atoms with Crippen molar-refractivity contribution >= 4 is 5.97 Å². The van der Waals surface area contributed by atoms with E-state index < -0.39 is 35.3 Å². The Labute approximate surface area is 224 Å². The van der Waals surface area contributed by atoms with E-state index in [4.69, 9.17) is 16.0 Å². The quantitative estimate of drug-likeness (QED) is 0.365. The summed E-state index contributed by atoms with van der Waals surface area (Å²) in [5.41, 5.74) is -1.78. The second kappa shape index (κ2) is 10.2. The SMILES string of the molecule is [3H]O[C@H]1CCC[C@@]2(C)C1CC[C@@H]2[C@H](C)C[C@@H](CO)C(O)[C@@]1(C)O[C@H](C(C)(C)C)OC1=O.[Ac]. The van der Waals surface area contributed by atoms with Crippen LogP contribution in [0.1, 0.15) is 80.1 Å². The molecule has 177 valence electrons. The van der Waals surface area contributed by atoms with E-state index in [0.29, 0.717) is 18.3 Å². The van der Waals surface area contributed by atoms with Crippen LogP contribution in [0.15, 0.2) is 0 Å². The van der Waals surface area contributed by atoms with Crippen molar-refractivity contribution in [3.8, 4) is 0 Å². The second-order valence-electron chi connectivity index (χ2n) is 11.7. The first-order valence-corrected chi connectivity index (χ1v) is 11.7. The number of esters is 1. The fraction of sp³-hybridized carbons (Fsp3) is 0.958. The van der Waals surface area contributed by atoms with Crippen molar-refractivity contribution in [2.75, 3.05) is 6.61 Å². The minimum absolute atomic E-state index is 0. The zero-order valence-corrected chi connectivity index (χ0v) is 24.8. The molecule has 0 amide bonds. The van der Waals surface area contributed by atoms with Crippen molar-refractivity contribution in [2.45, 2.75) is 104 Å². The molecule has 0 bridgehead atoms. The Bertz CT molecular complexity index is 657. The molecule has 0 aromatic heterocycles. The molecular formula is C24H42AcO6. The molecule has 1 radical (unpaired) electrons. The van der Waals surface area contributed by atoms with Crippen LogP contribution in [0.3, 0.4) is 0 Å². The predicted molar refractivity (Wildman–Crippen MR) is 113 cm³/mol. The molecule has 0 spiro atoms. The molecule has 1 aliphatic heterocycles. The number of aliphatic hydroxyl groups excluding tert-OH is 3. The Balaban J connectivity index is 0.00000363. The van der Waals surface area contributed by atoms with Crippen molar-refractivity contribution < 1.29 is 73.7 Å². The number of cyclic esters (lactones) is 1. The van der Waals surface area contributed by atoms with Crippen LogP contribution in [-0.4, -0.2) is 53.4 Å². The van der Waals surface area contributed by atoms with E-state index in [-0.39, 0.29) is 68.1 Å². The molecule has 2 saturated carbocycles. The Hall–Kier alpha value is 0.752. The molecule has 6 nitrogen and oxygen atoms in total. The first-order chi connectivity index (χ1) is 14.4. The summed E-state index contributed by atoms with van der Waals surface area (Å²) in [5.74, 6) is 0.0262. The number of carbonyl (C=O) groups excluding carboxylic acids is 1. The predicted octanol–water partition coefficient (Wildman–Crippen LogP) is 3.26. The summed E-state index contributed by atoms with van der Waals surface area (Å²) in [6.07, 6.45) is 4.00. The normalized spacial score (nSPS) is 41.5. The van der Waals surface area contributed by atoms with Crippen LogP contribution in [0.25, 0.3) is 0 Å². The number of aliphatic hydroxyl groups is 3. The molecule has 1 heterocycles. The third-order valence-corrected chi connectivity index (χ3v) is 8.42. The Kier molecular flexibility index (Phi) is 8.64. The fourth-order valence-electron chi connectivity index (χ4n) is 6.54. The summed E-state index contributed by atoms with van der Waals surface area (Å²) in [6.45, 7) is 11.6. The molecule has 3 aliphatic rings. The summed E-state index contributed by atoms with van der Waals surface area (Å²) >= 11 is 0. The van der Waals surface area contributed by atoms with Crippen molar-refractivity contribution in [3.05, 3.63) is 0 Å². The molecule has 0 aromatic carbocycles. The molecular weight excluding hydrogens is 611 g/mol. The summed E-state index contributed by atoms with van der Waals surface area (Å²) < 4.78 is 18.9. The standard InChI is InChI=1S/C24H42O6.Ac/c1-14(16-9-10-17-18(26)8-7-11-23(16,17)5)12-15(13-25)19(27)24(6)20(28)29-21(30-24)22(2,3)4;/h14-19,21,25-27H,7-13H2,1-6H3;/t14-,15+,16-,17?,18+,19?,21-,23-,24-;/m1./s1/i26T;. The molecule has 31 heavy (non-hydrogen) atoms. The van der Waals surface area contributed by atoms with Crippen molar-refractivity contribution in [1.82, 2.24) is 0 Å². The number of ether oxygens (including phenoxy) is 2. The third kappa shape index (κ3) is 5.22. The molecule has 3 fully saturated rings. The van der Waals surface area contributed by atoms with Crippen molar-refractivity contribution in [2.24, 2.45) is 34.5 Å². The average molecular weight is 656 g/mol. The largest absolute Gasteiger partial charge is 0.433 e. The molecule has 3 rings (SSSR count). The van der Waals surface area contributed by atoms with E-state index in [2.05, 4.69) is 13.8 Å². The molecule has 9 atom stereocenters. The van der Waals surface area contributed by atoms with Gasteiger partial charge in [-0.2, -0.15) is 0 Å². The number of carbonyl (C=O) groups is 1. The molecule has 2 aliphatic carbocycles. The van der Waals surface area contributed by atoms with E-state index in [0.717, 1.165) is 32.1 Å². The second-order valence-corrected chi connectivity index (χ2v) is 11.7. The van der Waals surface area contributed by atoms with Gasteiger partial charge in [-0.15, -0.1) is 0 Å². The first kappa shape index (κ1) is 26.4. The van der Waals surface area contributed by atoms with Gasteiger partial charge in [-0.05, 0) is 62.2 Å². The van der Waals surface area contributed by atoms with Crippen LogP contribution in [0.2, 0.25) is 0 Å². The van der Waals surface area contributed by atoms with Crippen molar-refractivity contribution in [3.63, 3.8) is 0 Å². The van der Waals surface area contributed by atoms with E-state index in [9.17, 15) is 15.0 Å². The maximum absolute atomic E-state index is 12.6. The minimum atomic E-state index is -1.48. The zero-order valence-electron chi connectivity index (χ0n) is 21.1. The maximum atomic E-state index is 12.6. The molecule has 0 aromatic rings. The minimum Gasteiger partial charge on any atom is -0.433 e. The van der Waals surface area contributed by atoms with Gasteiger partial charge in [0.05, 0.1) is 12.2 Å². The van der Waals surface area contributed by atoms with Gasteiger partial charge in [0, 0.05) is 62.0 Å². The van der Waals surface area contributed by atoms with Crippen LogP contribution < -0.4 is 0 Å². The van der Waals surface area contributed by atoms with E-state index in [1.807, 2.05) is 20.8 Å². The Morgan fingerprint density at radius 3 is 2.48 bits per heavy atom. The van der Waals surface area contributed by atoms with Crippen LogP contribution in [0.5, 0.6) is 0 Å². The van der Waals surface area contributed by atoms with E-state index in [1.165, 1.54) is 0 Å².